The third-order valence-electron chi connectivity index (χ3n) is 7.03. The molecule has 0 unspecified atom stereocenters. The molecule has 3 aliphatic rings. The fourth-order valence-electron chi connectivity index (χ4n) is 5.50. The smallest absolute Gasteiger partial charge is 0.303 e. The number of carbonyl (C=O) groups is 7. The molecule has 2 heterocycles. The van der Waals surface area contributed by atoms with E-state index in [1.807, 2.05) is 0 Å². The first-order chi connectivity index (χ1) is 19.9. The predicted octanol–water partition coefficient (Wildman–Crippen LogP) is 0.623. The summed E-state index contributed by atoms with van der Waals surface area (Å²) in [6.45, 7) is 3.90. The molecule has 8 atom stereocenters. The van der Waals surface area contributed by atoms with E-state index in [1.165, 1.54) is 0 Å². The standard InChI is InChI=1S/C28H31NO13/c1-13(30)37-12-21-23(38-14(2)31)24(39-15(3)32)25(40-16(4)33)28(42-21)41-20-11-18(34)10-19-22(20)27(36)29(26(19)35)17-8-6-5-7-9-17/h5-9,19-25,28H,10-12H2,1-4H3/t19-,20-,21-,22+,23-,24+,25+,28-/m1/s1. The lowest BCUT2D eigenvalue weighted by Crippen LogP contribution is -2.63. The molecule has 2 saturated heterocycles. The van der Waals surface area contributed by atoms with Gasteiger partial charge < -0.3 is 28.4 Å². The SMILES string of the molecule is CC(=O)OC[C@H]1O[C@@H](O[C@@H]2CC(=O)C[C@H]3C(=O)N(c4ccccc4)C(=O)[C@H]23)[C@@H](OC(C)=O)[C@@H](OC(C)=O)[C@@H]1OC(C)=O. The van der Waals surface area contributed by atoms with Crippen molar-refractivity contribution in [3.63, 3.8) is 0 Å². The largest absolute Gasteiger partial charge is 0.463 e. The van der Waals surface area contributed by atoms with Crippen LogP contribution in [0.4, 0.5) is 5.69 Å². The van der Waals surface area contributed by atoms with E-state index in [4.69, 9.17) is 28.4 Å². The number of ketones is 1. The number of Topliss-reactive ketones (excluding diaryl/α,β-unsaturated/α-hetero) is 1. The number of benzene rings is 1. The summed E-state index contributed by atoms with van der Waals surface area (Å²) in [6, 6.07) is 8.22. The van der Waals surface area contributed by atoms with Crippen molar-refractivity contribution in [3.05, 3.63) is 30.3 Å². The molecule has 226 valence electrons. The Kier molecular flexibility index (Phi) is 9.36. The number of esters is 4. The molecule has 42 heavy (non-hydrogen) atoms. The minimum Gasteiger partial charge on any atom is -0.463 e. The highest BCUT2D eigenvalue weighted by atomic mass is 16.7. The van der Waals surface area contributed by atoms with E-state index in [-0.39, 0.29) is 18.6 Å². The van der Waals surface area contributed by atoms with E-state index >= 15 is 0 Å². The fraction of sp³-hybridized carbons (Fsp3) is 0.536. The zero-order valence-electron chi connectivity index (χ0n) is 23.4. The van der Waals surface area contributed by atoms with E-state index in [2.05, 4.69) is 0 Å². The number of para-hydroxylation sites is 1. The summed E-state index contributed by atoms with van der Waals surface area (Å²) in [5, 5.41) is 0. The number of hydrogen-bond acceptors (Lipinski definition) is 13. The predicted molar refractivity (Wildman–Crippen MR) is 137 cm³/mol. The molecular formula is C28H31NO13. The maximum atomic E-state index is 13.6. The molecule has 1 saturated carbocycles. The second kappa shape index (κ2) is 12.8. The van der Waals surface area contributed by atoms with Crippen LogP contribution in [0.15, 0.2) is 30.3 Å². The Balaban J connectivity index is 1.70. The highest BCUT2D eigenvalue weighted by Gasteiger charge is 2.58. The zero-order valence-corrected chi connectivity index (χ0v) is 23.4. The van der Waals surface area contributed by atoms with Crippen molar-refractivity contribution in [2.45, 2.75) is 77.3 Å². The molecule has 14 heteroatoms. The first-order valence-electron chi connectivity index (χ1n) is 13.3. The number of rotatable bonds is 8. The van der Waals surface area contributed by atoms with Crippen LogP contribution < -0.4 is 4.90 Å². The van der Waals surface area contributed by atoms with Crippen LogP contribution in [0, 0.1) is 11.8 Å². The van der Waals surface area contributed by atoms with Gasteiger partial charge in [-0.2, -0.15) is 0 Å². The Morgan fingerprint density at radius 3 is 1.98 bits per heavy atom. The van der Waals surface area contributed by atoms with Crippen LogP contribution in [-0.2, 0) is 62.0 Å². The second-order valence-electron chi connectivity index (χ2n) is 10.2. The lowest BCUT2D eigenvalue weighted by Gasteiger charge is -2.45. The van der Waals surface area contributed by atoms with Gasteiger partial charge in [-0.3, -0.25) is 33.6 Å². The highest BCUT2D eigenvalue weighted by Crippen LogP contribution is 2.42. The van der Waals surface area contributed by atoms with Gasteiger partial charge in [-0.15, -0.1) is 0 Å². The zero-order chi connectivity index (χ0) is 30.7. The van der Waals surface area contributed by atoms with Gasteiger partial charge in [0.25, 0.3) is 0 Å². The molecule has 1 aromatic carbocycles. The molecule has 2 amide bonds. The fourth-order valence-corrected chi connectivity index (χ4v) is 5.50. The molecule has 0 bridgehead atoms. The molecule has 3 fully saturated rings. The summed E-state index contributed by atoms with van der Waals surface area (Å²) in [5.74, 6) is -6.73. The van der Waals surface area contributed by atoms with Crippen molar-refractivity contribution in [1.29, 1.82) is 0 Å². The first kappa shape index (κ1) is 30.8. The molecular weight excluding hydrogens is 558 g/mol. The third-order valence-corrected chi connectivity index (χ3v) is 7.03. The number of amides is 2. The minimum atomic E-state index is -1.60. The van der Waals surface area contributed by atoms with Gasteiger partial charge >= 0.3 is 23.9 Å². The van der Waals surface area contributed by atoms with E-state index in [1.54, 1.807) is 30.3 Å². The Morgan fingerprint density at radius 2 is 1.38 bits per heavy atom. The molecule has 0 radical (unpaired) electrons. The lowest BCUT2D eigenvalue weighted by molar-refractivity contribution is -0.320. The minimum absolute atomic E-state index is 0.170. The van der Waals surface area contributed by atoms with Gasteiger partial charge in [-0.05, 0) is 12.1 Å². The van der Waals surface area contributed by atoms with E-state index in [9.17, 15) is 33.6 Å². The van der Waals surface area contributed by atoms with Crippen molar-refractivity contribution >= 4 is 47.2 Å². The van der Waals surface area contributed by atoms with Crippen LogP contribution >= 0.6 is 0 Å². The molecule has 0 N–H and O–H groups in total. The second-order valence-corrected chi connectivity index (χ2v) is 10.2. The van der Waals surface area contributed by atoms with Crippen molar-refractivity contribution in [2.24, 2.45) is 11.8 Å². The Morgan fingerprint density at radius 1 is 0.786 bits per heavy atom. The number of carbonyl (C=O) groups excluding carboxylic acids is 7. The number of fused-ring (bicyclic) bond motifs is 1. The number of imide groups is 1. The van der Waals surface area contributed by atoms with Crippen molar-refractivity contribution in [3.8, 4) is 0 Å². The number of anilines is 1. The van der Waals surface area contributed by atoms with Gasteiger partial charge in [0.1, 0.15) is 18.5 Å². The van der Waals surface area contributed by atoms with Gasteiger partial charge in [0.2, 0.25) is 11.8 Å². The number of hydrogen-bond donors (Lipinski definition) is 0. The Labute approximate surface area is 240 Å². The Bertz CT molecular complexity index is 1260. The van der Waals surface area contributed by atoms with Gasteiger partial charge in [0.15, 0.2) is 24.6 Å². The summed E-state index contributed by atoms with van der Waals surface area (Å²) in [6.07, 6.45) is -8.97. The lowest BCUT2D eigenvalue weighted by atomic mass is 9.78. The summed E-state index contributed by atoms with van der Waals surface area (Å²) in [4.78, 5) is 88.4. The van der Waals surface area contributed by atoms with Crippen LogP contribution in [-0.4, -0.2) is 84.9 Å². The molecule has 2 aliphatic heterocycles. The van der Waals surface area contributed by atoms with Gasteiger partial charge in [-0.25, -0.2) is 4.90 Å². The van der Waals surface area contributed by atoms with Crippen LogP contribution in [0.25, 0.3) is 0 Å². The average Bonchev–Trinajstić information content (AvgIpc) is 3.15. The number of ether oxygens (including phenoxy) is 6. The molecule has 1 aromatic rings. The van der Waals surface area contributed by atoms with Crippen LogP contribution in [0.1, 0.15) is 40.5 Å². The van der Waals surface area contributed by atoms with Gasteiger partial charge in [0.05, 0.1) is 23.6 Å². The topological polar surface area (TPSA) is 178 Å². The summed E-state index contributed by atoms with van der Waals surface area (Å²) in [5.41, 5.74) is 0.334. The molecule has 1 aliphatic carbocycles. The van der Waals surface area contributed by atoms with Crippen LogP contribution in [0.3, 0.4) is 0 Å². The molecule has 14 nitrogen and oxygen atoms in total. The summed E-state index contributed by atoms with van der Waals surface area (Å²) >= 11 is 0. The quantitative estimate of drug-likeness (QED) is 0.234. The number of nitrogens with zero attached hydrogens (tertiary/aromatic N) is 1. The maximum Gasteiger partial charge on any atom is 0.303 e. The van der Waals surface area contributed by atoms with Gasteiger partial charge in [0, 0.05) is 40.5 Å². The maximum absolute atomic E-state index is 13.6. The molecule has 0 aromatic heterocycles. The molecule has 4 rings (SSSR count). The normalized spacial score (nSPS) is 30.8. The van der Waals surface area contributed by atoms with Crippen LogP contribution in [0.5, 0.6) is 0 Å². The third kappa shape index (κ3) is 6.65. The van der Waals surface area contributed by atoms with Gasteiger partial charge in [-0.1, -0.05) is 18.2 Å². The monoisotopic (exact) mass is 589 g/mol. The van der Waals surface area contributed by atoms with E-state index < -0.39 is 90.9 Å². The van der Waals surface area contributed by atoms with E-state index in [0.717, 1.165) is 32.6 Å². The summed E-state index contributed by atoms with van der Waals surface area (Å²) < 4.78 is 33.3. The van der Waals surface area contributed by atoms with Crippen molar-refractivity contribution in [1.82, 2.24) is 0 Å². The highest BCUT2D eigenvalue weighted by molar-refractivity contribution is 6.23. The average molecular weight is 590 g/mol. The first-order valence-corrected chi connectivity index (χ1v) is 13.3. The van der Waals surface area contributed by atoms with Crippen molar-refractivity contribution < 1.29 is 62.0 Å². The van der Waals surface area contributed by atoms with Crippen molar-refractivity contribution in [2.75, 3.05) is 11.5 Å². The van der Waals surface area contributed by atoms with Crippen LogP contribution in [0.2, 0.25) is 0 Å². The van der Waals surface area contributed by atoms with E-state index in [0.29, 0.717) is 5.69 Å². The summed E-state index contributed by atoms with van der Waals surface area (Å²) in [7, 11) is 0. The molecule has 0 spiro atoms. The Hall–Kier alpha value is -4.17.